The predicted octanol–water partition coefficient (Wildman–Crippen LogP) is 4.36. The van der Waals surface area contributed by atoms with Gasteiger partial charge in [-0.05, 0) is 56.2 Å². The molecule has 0 spiro atoms. The molecule has 1 amide bonds. The van der Waals surface area contributed by atoms with Gasteiger partial charge in [0.1, 0.15) is 5.75 Å². The van der Waals surface area contributed by atoms with Gasteiger partial charge in [0, 0.05) is 11.1 Å². The summed E-state index contributed by atoms with van der Waals surface area (Å²) >= 11 is 7.31. The summed E-state index contributed by atoms with van der Waals surface area (Å²) in [4.78, 5) is 30.4. The van der Waals surface area contributed by atoms with Crippen molar-refractivity contribution in [2.45, 2.75) is 38.4 Å². The van der Waals surface area contributed by atoms with E-state index in [4.69, 9.17) is 16.3 Å². The van der Waals surface area contributed by atoms with E-state index in [-0.39, 0.29) is 23.3 Å². The Morgan fingerprint density at radius 2 is 2.07 bits per heavy atom. The summed E-state index contributed by atoms with van der Waals surface area (Å²) in [5.74, 6) is 0.568. The molecular weight excluding hydrogens is 422 g/mol. The van der Waals surface area contributed by atoms with Gasteiger partial charge in [0.2, 0.25) is 5.91 Å². The molecule has 3 rings (SSSR count). The zero-order valence-electron chi connectivity index (χ0n) is 17.4. The van der Waals surface area contributed by atoms with E-state index in [9.17, 15) is 9.59 Å². The third-order valence-corrected chi connectivity index (χ3v) is 5.90. The van der Waals surface area contributed by atoms with Crippen molar-refractivity contribution in [1.82, 2.24) is 14.9 Å². The molecule has 158 valence electrons. The molecule has 0 saturated heterocycles. The standard InChI is InChI=1S/C22H24ClN3O3S/c1-5-14(3)24-20(27)12-30-22-25-17-11-15(23)7-8-16(17)21(28)26(22)18-10-13(2)6-9-19(18)29-4/h6-11,14H,5,12H2,1-4H3,(H,24,27). The van der Waals surface area contributed by atoms with Crippen molar-refractivity contribution >= 4 is 40.2 Å². The summed E-state index contributed by atoms with van der Waals surface area (Å²) in [6.07, 6.45) is 0.842. The highest BCUT2D eigenvalue weighted by Gasteiger charge is 2.18. The topological polar surface area (TPSA) is 73.2 Å². The Balaban J connectivity index is 2.14. The number of carbonyl (C=O) groups excluding carboxylic acids is 1. The molecule has 1 atom stereocenters. The second-order valence-corrected chi connectivity index (χ2v) is 8.42. The van der Waals surface area contributed by atoms with Crippen LogP contribution in [0.2, 0.25) is 5.02 Å². The molecule has 0 fully saturated rings. The van der Waals surface area contributed by atoms with Gasteiger partial charge in [-0.1, -0.05) is 36.4 Å². The molecule has 6 nitrogen and oxygen atoms in total. The molecular formula is C22H24ClN3O3S. The highest BCUT2D eigenvalue weighted by atomic mass is 35.5. The highest BCUT2D eigenvalue weighted by molar-refractivity contribution is 7.99. The van der Waals surface area contributed by atoms with Crippen molar-refractivity contribution in [3.05, 3.63) is 57.3 Å². The molecule has 8 heteroatoms. The van der Waals surface area contributed by atoms with Gasteiger partial charge >= 0.3 is 0 Å². The summed E-state index contributed by atoms with van der Waals surface area (Å²) in [5, 5.41) is 4.26. The number of hydrogen-bond acceptors (Lipinski definition) is 5. The molecule has 0 aliphatic rings. The van der Waals surface area contributed by atoms with Crippen LogP contribution in [0.5, 0.6) is 5.75 Å². The van der Waals surface area contributed by atoms with Gasteiger partial charge in [0.15, 0.2) is 5.16 Å². The van der Waals surface area contributed by atoms with E-state index in [2.05, 4.69) is 10.3 Å². The van der Waals surface area contributed by atoms with E-state index in [0.29, 0.717) is 32.5 Å². The molecule has 1 heterocycles. The molecule has 0 bridgehead atoms. The lowest BCUT2D eigenvalue weighted by molar-refractivity contribution is -0.119. The first-order valence-corrected chi connectivity index (χ1v) is 11.0. The van der Waals surface area contributed by atoms with Crippen molar-refractivity contribution in [1.29, 1.82) is 0 Å². The number of amides is 1. The largest absolute Gasteiger partial charge is 0.495 e. The van der Waals surface area contributed by atoms with Crippen LogP contribution in [0.25, 0.3) is 16.6 Å². The van der Waals surface area contributed by atoms with Gasteiger partial charge in [-0.15, -0.1) is 0 Å². The van der Waals surface area contributed by atoms with E-state index >= 15 is 0 Å². The van der Waals surface area contributed by atoms with Gasteiger partial charge in [-0.25, -0.2) is 4.98 Å². The van der Waals surface area contributed by atoms with Crippen LogP contribution in [0.3, 0.4) is 0 Å². The third-order valence-electron chi connectivity index (χ3n) is 4.73. The van der Waals surface area contributed by atoms with E-state index in [1.165, 1.54) is 16.3 Å². The average Bonchev–Trinajstić information content (AvgIpc) is 2.72. The SMILES string of the molecule is CCC(C)NC(=O)CSc1nc2cc(Cl)ccc2c(=O)n1-c1cc(C)ccc1OC. The number of halogens is 1. The van der Waals surface area contributed by atoms with Gasteiger partial charge in [0.25, 0.3) is 5.56 Å². The van der Waals surface area contributed by atoms with E-state index in [1.807, 2.05) is 39.0 Å². The molecule has 3 aromatic rings. The van der Waals surface area contributed by atoms with Crippen molar-refractivity contribution in [2.24, 2.45) is 0 Å². The zero-order valence-corrected chi connectivity index (χ0v) is 18.9. The van der Waals surface area contributed by atoms with Gasteiger partial charge in [-0.2, -0.15) is 0 Å². The number of fused-ring (bicyclic) bond motifs is 1. The Labute approximate surface area is 184 Å². The first-order chi connectivity index (χ1) is 14.3. The van der Waals surface area contributed by atoms with Crippen LogP contribution >= 0.6 is 23.4 Å². The number of ether oxygens (including phenoxy) is 1. The van der Waals surface area contributed by atoms with Crippen LogP contribution in [-0.4, -0.2) is 34.4 Å². The van der Waals surface area contributed by atoms with E-state index in [1.54, 1.807) is 25.3 Å². The lowest BCUT2D eigenvalue weighted by Gasteiger charge is -2.17. The smallest absolute Gasteiger partial charge is 0.266 e. The minimum Gasteiger partial charge on any atom is -0.495 e. The first kappa shape index (κ1) is 22.2. The van der Waals surface area contributed by atoms with Crippen LogP contribution in [-0.2, 0) is 4.79 Å². The number of methoxy groups -OCH3 is 1. The lowest BCUT2D eigenvalue weighted by atomic mass is 10.2. The quantitative estimate of drug-likeness (QED) is 0.432. The maximum Gasteiger partial charge on any atom is 0.266 e. The number of hydrogen-bond donors (Lipinski definition) is 1. The van der Waals surface area contributed by atoms with Crippen LogP contribution < -0.4 is 15.6 Å². The number of thioether (sulfide) groups is 1. The fourth-order valence-electron chi connectivity index (χ4n) is 2.97. The summed E-state index contributed by atoms with van der Waals surface area (Å²) in [6.45, 7) is 5.90. The van der Waals surface area contributed by atoms with Gasteiger partial charge in [0.05, 0.1) is 29.5 Å². The first-order valence-electron chi connectivity index (χ1n) is 9.63. The monoisotopic (exact) mass is 445 g/mol. The molecule has 0 aliphatic carbocycles. The molecule has 30 heavy (non-hydrogen) atoms. The molecule has 1 unspecified atom stereocenters. The van der Waals surface area contributed by atoms with Crippen LogP contribution in [0.15, 0.2) is 46.3 Å². The summed E-state index contributed by atoms with van der Waals surface area (Å²) in [7, 11) is 1.56. The summed E-state index contributed by atoms with van der Waals surface area (Å²) in [5.41, 5.74) is 1.79. The fourth-order valence-corrected chi connectivity index (χ4v) is 3.95. The Bertz CT molecular complexity index is 1150. The second kappa shape index (κ2) is 9.53. The Morgan fingerprint density at radius 3 is 2.77 bits per heavy atom. The van der Waals surface area contributed by atoms with Gasteiger partial charge < -0.3 is 10.1 Å². The number of carbonyl (C=O) groups is 1. The summed E-state index contributed by atoms with van der Waals surface area (Å²) < 4.78 is 6.99. The molecule has 1 aromatic heterocycles. The maximum absolute atomic E-state index is 13.4. The van der Waals surface area contributed by atoms with Crippen molar-refractivity contribution < 1.29 is 9.53 Å². The maximum atomic E-state index is 13.4. The number of rotatable bonds is 7. The minimum absolute atomic E-state index is 0.0838. The van der Waals surface area contributed by atoms with Crippen LogP contribution in [0.4, 0.5) is 0 Å². The van der Waals surface area contributed by atoms with E-state index in [0.717, 1.165) is 12.0 Å². The van der Waals surface area contributed by atoms with Crippen molar-refractivity contribution in [3.8, 4) is 11.4 Å². The Hall–Kier alpha value is -2.51. The zero-order chi connectivity index (χ0) is 21.8. The van der Waals surface area contributed by atoms with Crippen LogP contribution in [0.1, 0.15) is 25.8 Å². The second-order valence-electron chi connectivity index (χ2n) is 7.04. The number of nitrogens with zero attached hydrogens (tertiary/aromatic N) is 2. The predicted molar refractivity (Wildman–Crippen MR) is 122 cm³/mol. The number of aromatic nitrogens is 2. The number of nitrogens with one attached hydrogen (secondary N) is 1. The highest BCUT2D eigenvalue weighted by Crippen LogP contribution is 2.28. The summed E-state index contributed by atoms with van der Waals surface area (Å²) in [6, 6.07) is 10.7. The van der Waals surface area contributed by atoms with E-state index < -0.39 is 0 Å². The van der Waals surface area contributed by atoms with Gasteiger partial charge in [-0.3, -0.25) is 14.2 Å². The Morgan fingerprint density at radius 1 is 1.30 bits per heavy atom. The average molecular weight is 446 g/mol. The number of aryl methyl sites for hydroxylation is 1. The molecule has 2 aromatic carbocycles. The normalized spacial score (nSPS) is 12.0. The molecule has 1 N–H and O–H groups in total. The molecule has 0 radical (unpaired) electrons. The third kappa shape index (κ3) is 4.79. The van der Waals surface area contributed by atoms with Crippen molar-refractivity contribution in [2.75, 3.05) is 12.9 Å². The molecule has 0 saturated carbocycles. The van der Waals surface area contributed by atoms with Crippen molar-refractivity contribution in [3.63, 3.8) is 0 Å². The fraction of sp³-hybridized carbons (Fsp3) is 0.318. The number of benzene rings is 2. The minimum atomic E-state index is -0.245. The lowest BCUT2D eigenvalue weighted by Crippen LogP contribution is -2.33. The Kier molecular flexibility index (Phi) is 7.05. The molecule has 0 aliphatic heterocycles. The van der Waals surface area contributed by atoms with Crippen LogP contribution in [0, 0.1) is 6.92 Å².